The number of fused-ring (bicyclic) bond motifs is 2. The Morgan fingerprint density at radius 1 is 1.24 bits per heavy atom. The van der Waals surface area contributed by atoms with Crippen LogP contribution in [0.5, 0.6) is 0 Å². The number of likely N-dealkylation sites (N-methyl/N-ethyl adjacent to an activating group) is 2. The van der Waals surface area contributed by atoms with E-state index in [4.69, 9.17) is 0 Å². The maximum Gasteiger partial charge on any atom is 0.280 e. The maximum atomic E-state index is 12.7. The summed E-state index contributed by atoms with van der Waals surface area (Å²) < 4.78 is 0. The molecular weight excluding hydrogens is 314 g/mol. The van der Waals surface area contributed by atoms with E-state index in [1.165, 1.54) is 10.5 Å². The molecule has 1 aromatic carbocycles. The predicted octanol–water partition coefficient (Wildman–Crippen LogP) is -2.00. The lowest BCUT2D eigenvalue weighted by Crippen LogP contribution is -3.27. The minimum atomic E-state index is 0.127. The zero-order valence-electron chi connectivity index (χ0n) is 15.1. The second-order valence-electron chi connectivity index (χ2n) is 7.48. The number of hydrogen-bond acceptors (Lipinski definition) is 2. The fraction of sp³-hybridized carbons (Fsp3) is 0.474. The van der Waals surface area contributed by atoms with Crippen molar-refractivity contribution in [2.75, 3.05) is 63.6 Å². The van der Waals surface area contributed by atoms with Gasteiger partial charge in [-0.1, -0.05) is 12.1 Å². The summed E-state index contributed by atoms with van der Waals surface area (Å²) in [5.74, 6) is 1.26. The van der Waals surface area contributed by atoms with E-state index in [-0.39, 0.29) is 5.91 Å². The fourth-order valence-corrected chi connectivity index (χ4v) is 4.02. The highest BCUT2D eigenvalue weighted by Gasteiger charge is 2.30. The van der Waals surface area contributed by atoms with Crippen molar-refractivity contribution >= 4 is 28.3 Å². The van der Waals surface area contributed by atoms with Crippen molar-refractivity contribution in [1.29, 1.82) is 0 Å². The smallest absolute Gasteiger partial charge is 0.280 e. The molecule has 6 heteroatoms. The molecule has 2 aliphatic heterocycles. The van der Waals surface area contributed by atoms with Crippen molar-refractivity contribution in [2.45, 2.75) is 6.42 Å². The van der Waals surface area contributed by atoms with Crippen LogP contribution in [0.15, 0.2) is 24.3 Å². The zero-order chi connectivity index (χ0) is 17.4. The lowest BCUT2D eigenvalue weighted by atomic mass is 10.1. The van der Waals surface area contributed by atoms with Gasteiger partial charge in [0.05, 0.1) is 31.9 Å². The predicted molar refractivity (Wildman–Crippen MR) is 98.3 cm³/mol. The highest BCUT2D eigenvalue weighted by atomic mass is 16.2. The molecule has 1 fully saturated rings. The van der Waals surface area contributed by atoms with E-state index in [1.54, 1.807) is 4.90 Å². The number of pyridine rings is 1. The molecule has 2 aromatic rings. The molecule has 2 aliphatic rings. The molecule has 1 saturated heterocycles. The average molecular weight is 342 g/mol. The Morgan fingerprint density at radius 3 is 2.80 bits per heavy atom. The van der Waals surface area contributed by atoms with E-state index in [0.717, 1.165) is 61.6 Å². The molecule has 0 unspecified atom stereocenters. The number of hydrogen-bond donors (Lipinski definition) is 3. The van der Waals surface area contributed by atoms with E-state index < -0.39 is 0 Å². The van der Waals surface area contributed by atoms with Crippen LogP contribution in [0.3, 0.4) is 0 Å². The first-order chi connectivity index (χ1) is 12.1. The Hall–Kier alpha value is -2.18. The van der Waals surface area contributed by atoms with Crippen molar-refractivity contribution in [3.8, 4) is 0 Å². The van der Waals surface area contributed by atoms with Gasteiger partial charge in [-0.3, -0.25) is 9.69 Å². The van der Waals surface area contributed by atoms with Crippen molar-refractivity contribution in [3.63, 3.8) is 0 Å². The van der Waals surface area contributed by atoms with Crippen LogP contribution in [-0.2, 0) is 11.2 Å². The summed E-state index contributed by atoms with van der Waals surface area (Å²) in [6.45, 7) is 5.98. The number of piperazine rings is 1. The van der Waals surface area contributed by atoms with Crippen molar-refractivity contribution in [1.82, 2.24) is 0 Å². The summed E-state index contributed by atoms with van der Waals surface area (Å²) in [5.41, 5.74) is 3.30. The number of rotatable bonds is 3. The highest BCUT2D eigenvalue weighted by Crippen LogP contribution is 2.34. The summed E-state index contributed by atoms with van der Waals surface area (Å²) in [5, 5.41) is 4.35. The monoisotopic (exact) mass is 342 g/mol. The molecule has 6 nitrogen and oxygen atoms in total. The normalized spacial score (nSPS) is 22.9. The number of aromatic amines is 1. The number of aromatic nitrogens is 1. The van der Waals surface area contributed by atoms with Crippen LogP contribution in [0, 0.1) is 0 Å². The molecule has 3 heterocycles. The van der Waals surface area contributed by atoms with Crippen LogP contribution in [0.1, 0.15) is 5.56 Å². The van der Waals surface area contributed by atoms with Crippen molar-refractivity contribution < 1.29 is 19.6 Å². The number of carbonyl (C=O) groups excluding carboxylic acids is 1. The largest absolute Gasteiger partial charge is 0.328 e. The van der Waals surface area contributed by atoms with E-state index in [1.807, 2.05) is 12.1 Å². The third-order valence-corrected chi connectivity index (χ3v) is 5.60. The van der Waals surface area contributed by atoms with Crippen LogP contribution in [-0.4, -0.2) is 59.3 Å². The van der Waals surface area contributed by atoms with E-state index >= 15 is 0 Å². The van der Waals surface area contributed by atoms with E-state index in [0.29, 0.717) is 6.54 Å². The average Bonchev–Trinajstić information content (AvgIpc) is 2.98. The van der Waals surface area contributed by atoms with E-state index in [9.17, 15) is 4.79 Å². The Bertz CT molecular complexity index is 798. The SMILES string of the molecule is CN1CCc2c1[nH+]c1ccccc1c2NC(=O)C[NH+]1CC[NH+](C)CC1. The van der Waals surface area contributed by atoms with Gasteiger partial charge in [-0.2, -0.15) is 0 Å². The molecule has 0 radical (unpaired) electrons. The number of anilines is 2. The summed E-state index contributed by atoms with van der Waals surface area (Å²) in [6, 6.07) is 8.23. The second kappa shape index (κ2) is 6.61. The van der Waals surface area contributed by atoms with Crippen LogP contribution in [0.4, 0.5) is 11.5 Å². The fourth-order valence-electron chi connectivity index (χ4n) is 4.02. The minimum Gasteiger partial charge on any atom is -0.328 e. The van der Waals surface area contributed by atoms with Gasteiger partial charge >= 0.3 is 0 Å². The molecular formula is C19H28N5O+3. The Labute approximate surface area is 148 Å². The third-order valence-electron chi connectivity index (χ3n) is 5.60. The summed E-state index contributed by atoms with van der Waals surface area (Å²) in [7, 11) is 4.32. The van der Waals surface area contributed by atoms with Gasteiger partial charge in [-0.15, -0.1) is 0 Å². The molecule has 0 atom stereocenters. The molecule has 0 saturated carbocycles. The first-order valence-electron chi connectivity index (χ1n) is 9.24. The molecule has 4 N–H and O–H groups in total. The number of H-pyrrole nitrogens is 1. The van der Waals surface area contributed by atoms with Crippen LogP contribution >= 0.6 is 0 Å². The number of quaternary nitrogens is 2. The number of nitrogens with one attached hydrogen (secondary N) is 4. The number of para-hydroxylation sites is 1. The van der Waals surface area contributed by atoms with Gasteiger partial charge in [0.1, 0.15) is 31.7 Å². The quantitative estimate of drug-likeness (QED) is 0.604. The van der Waals surface area contributed by atoms with Gasteiger partial charge in [0.25, 0.3) is 11.7 Å². The molecule has 4 rings (SSSR count). The summed E-state index contributed by atoms with van der Waals surface area (Å²) >= 11 is 0. The maximum absolute atomic E-state index is 12.7. The molecule has 0 spiro atoms. The number of amides is 1. The van der Waals surface area contributed by atoms with Crippen LogP contribution in [0.2, 0.25) is 0 Å². The molecule has 25 heavy (non-hydrogen) atoms. The lowest BCUT2D eigenvalue weighted by molar-refractivity contribution is -0.999. The Kier molecular flexibility index (Phi) is 4.31. The van der Waals surface area contributed by atoms with Gasteiger partial charge in [0.2, 0.25) is 0 Å². The van der Waals surface area contributed by atoms with Gasteiger partial charge in [-0.05, 0) is 12.1 Å². The summed E-state index contributed by atoms with van der Waals surface area (Å²) in [4.78, 5) is 21.4. The van der Waals surface area contributed by atoms with Crippen molar-refractivity contribution in [2.24, 2.45) is 0 Å². The third kappa shape index (κ3) is 3.19. The zero-order valence-corrected chi connectivity index (χ0v) is 15.1. The van der Waals surface area contributed by atoms with Crippen LogP contribution < -0.4 is 25.0 Å². The Morgan fingerprint density at radius 2 is 2.00 bits per heavy atom. The number of carbonyl (C=O) groups is 1. The number of nitrogens with zero attached hydrogens (tertiary/aromatic N) is 1. The first kappa shape index (κ1) is 16.3. The molecule has 1 amide bonds. The lowest BCUT2D eigenvalue weighted by Gasteiger charge is -2.26. The Balaban J connectivity index is 1.59. The van der Waals surface area contributed by atoms with Crippen LogP contribution in [0.25, 0.3) is 10.9 Å². The van der Waals surface area contributed by atoms with Gasteiger partial charge in [0, 0.05) is 11.8 Å². The standard InChI is InChI=1S/C19H25N5O/c1-22-9-11-24(12-10-22)13-17(25)21-18-14-5-3-4-6-16(14)20-19-15(18)7-8-23(19)2/h3-6H,7-13H2,1-2H3,(H,20,21,25)/p+3. The first-order valence-corrected chi connectivity index (χ1v) is 9.24. The van der Waals surface area contributed by atoms with Gasteiger partial charge < -0.3 is 15.1 Å². The minimum absolute atomic E-state index is 0.127. The van der Waals surface area contributed by atoms with Crippen molar-refractivity contribution in [3.05, 3.63) is 29.8 Å². The second-order valence-corrected chi connectivity index (χ2v) is 7.48. The van der Waals surface area contributed by atoms with E-state index in [2.05, 4.69) is 41.4 Å². The van der Waals surface area contributed by atoms with Gasteiger partial charge in [0.15, 0.2) is 6.54 Å². The molecule has 1 aromatic heterocycles. The molecule has 132 valence electrons. The molecule has 0 bridgehead atoms. The summed E-state index contributed by atoms with van der Waals surface area (Å²) in [6.07, 6.45) is 0.966. The topological polar surface area (TPSA) is 55.4 Å². The van der Waals surface area contributed by atoms with Gasteiger partial charge in [-0.25, -0.2) is 4.98 Å². The molecule has 0 aliphatic carbocycles. The highest BCUT2D eigenvalue weighted by molar-refractivity contribution is 6.03. The number of benzene rings is 1.